The highest BCUT2D eigenvalue weighted by Gasteiger charge is 2.45. The fourth-order valence-corrected chi connectivity index (χ4v) is 4.14. The van der Waals surface area contributed by atoms with Gasteiger partial charge in [-0.1, -0.05) is 13.0 Å². The Morgan fingerprint density at radius 1 is 1.24 bits per heavy atom. The highest BCUT2D eigenvalue weighted by molar-refractivity contribution is 5.24. The molecule has 3 rings (SSSR count). The average Bonchev–Trinajstić information content (AvgIpc) is 2.93. The quantitative estimate of drug-likeness (QED) is 0.607. The van der Waals surface area contributed by atoms with Gasteiger partial charge in [-0.25, -0.2) is 0 Å². The van der Waals surface area contributed by atoms with E-state index in [2.05, 4.69) is 26.8 Å². The molecule has 4 atom stereocenters. The SMILES string of the molecule is CC1=C(C)[C@@H]2CC[C@@H](C)[C@@H]2[C@H](C2=CCCC2)O1. The Balaban J connectivity index is 1.94. The third kappa shape index (κ3) is 1.75. The maximum atomic E-state index is 6.28. The van der Waals surface area contributed by atoms with E-state index in [1.165, 1.54) is 43.4 Å². The summed E-state index contributed by atoms with van der Waals surface area (Å²) in [6, 6.07) is 0. The molecule has 0 radical (unpaired) electrons. The predicted octanol–water partition coefficient (Wildman–Crippen LogP) is 4.45. The van der Waals surface area contributed by atoms with E-state index in [1.807, 2.05) is 0 Å². The smallest absolute Gasteiger partial charge is 0.123 e. The van der Waals surface area contributed by atoms with Crippen molar-refractivity contribution in [1.29, 1.82) is 0 Å². The topological polar surface area (TPSA) is 9.23 Å². The molecule has 0 aromatic carbocycles. The van der Waals surface area contributed by atoms with Crippen molar-refractivity contribution in [2.45, 2.75) is 59.0 Å². The van der Waals surface area contributed by atoms with E-state index in [-0.39, 0.29) is 0 Å². The maximum Gasteiger partial charge on any atom is 0.123 e. The predicted molar refractivity (Wildman–Crippen MR) is 70.6 cm³/mol. The molecule has 1 heterocycles. The van der Waals surface area contributed by atoms with Crippen LogP contribution in [0.3, 0.4) is 0 Å². The van der Waals surface area contributed by atoms with E-state index in [0.717, 1.165) is 17.8 Å². The molecule has 0 aromatic rings. The summed E-state index contributed by atoms with van der Waals surface area (Å²) in [4.78, 5) is 0. The van der Waals surface area contributed by atoms with Crippen LogP contribution in [0.2, 0.25) is 0 Å². The number of hydrogen-bond acceptors (Lipinski definition) is 1. The van der Waals surface area contributed by atoms with Gasteiger partial charge in [0.05, 0.1) is 5.76 Å². The molecule has 0 bridgehead atoms. The molecule has 1 nitrogen and oxygen atoms in total. The Morgan fingerprint density at radius 2 is 2.06 bits per heavy atom. The van der Waals surface area contributed by atoms with Crippen LogP contribution in [0.5, 0.6) is 0 Å². The zero-order valence-corrected chi connectivity index (χ0v) is 11.3. The van der Waals surface area contributed by atoms with Gasteiger partial charge in [-0.05, 0) is 68.9 Å². The molecule has 0 unspecified atom stereocenters. The Kier molecular flexibility index (Phi) is 2.80. The first kappa shape index (κ1) is 11.4. The molecule has 17 heavy (non-hydrogen) atoms. The monoisotopic (exact) mass is 232 g/mol. The van der Waals surface area contributed by atoms with E-state index in [9.17, 15) is 0 Å². The highest BCUT2D eigenvalue weighted by atomic mass is 16.5. The van der Waals surface area contributed by atoms with Gasteiger partial charge in [0.2, 0.25) is 0 Å². The third-order valence-corrected chi connectivity index (χ3v) is 5.26. The Morgan fingerprint density at radius 3 is 2.76 bits per heavy atom. The van der Waals surface area contributed by atoms with Gasteiger partial charge in [-0.3, -0.25) is 0 Å². The lowest BCUT2D eigenvalue weighted by Crippen LogP contribution is -2.36. The number of allylic oxidation sites excluding steroid dienone is 3. The van der Waals surface area contributed by atoms with Crippen molar-refractivity contribution in [2.75, 3.05) is 0 Å². The van der Waals surface area contributed by atoms with Crippen LogP contribution in [0.15, 0.2) is 23.0 Å². The lowest BCUT2D eigenvalue weighted by molar-refractivity contribution is 0.0382. The van der Waals surface area contributed by atoms with Crippen LogP contribution in [0.25, 0.3) is 0 Å². The summed E-state index contributed by atoms with van der Waals surface area (Å²) < 4.78 is 6.28. The molecule has 1 saturated carbocycles. The molecule has 94 valence electrons. The Bertz CT molecular complexity index is 377. The fourth-order valence-electron chi connectivity index (χ4n) is 4.14. The lowest BCUT2D eigenvalue weighted by atomic mass is 9.77. The summed E-state index contributed by atoms with van der Waals surface area (Å²) in [6.45, 7) is 6.87. The normalized spacial score (nSPS) is 41.2. The Labute approximate surface area is 105 Å². The van der Waals surface area contributed by atoms with Crippen molar-refractivity contribution >= 4 is 0 Å². The fraction of sp³-hybridized carbons (Fsp3) is 0.750. The summed E-state index contributed by atoms with van der Waals surface area (Å²) in [6.07, 6.45) is 9.48. The Hall–Kier alpha value is -0.720. The first-order chi connectivity index (χ1) is 8.18. The van der Waals surface area contributed by atoms with Crippen LogP contribution in [0.1, 0.15) is 52.9 Å². The van der Waals surface area contributed by atoms with Gasteiger partial charge < -0.3 is 4.74 Å². The number of rotatable bonds is 1. The van der Waals surface area contributed by atoms with E-state index < -0.39 is 0 Å². The largest absolute Gasteiger partial charge is 0.490 e. The molecule has 2 aliphatic carbocycles. The molecule has 1 aliphatic heterocycles. The number of fused-ring (bicyclic) bond motifs is 1. The molecule has 0 spiro atoms. The van der Waals surface area contributed by atoms with Gasteiger partial charge >= 0.3 is 0 Å². The molecule has 0 saturated heterocycles. The van der Waals surface area contributed by atoms with E-state index >= 15 is 0 Å². The van der Waals surface area contributed by atoms with E-state index in [1.54, 1.807) is 5.57 Å². The van der Waals surface area contributed by atoms with Crippen LogP contribution in [-0.4, -0.2) is 6.10 Å². The summed E-state index contributed by atoms with van der Waals surface area (Å²) >= 11 is 0. The lowest BCUT2D eigenvalue weighted by Gasteiger charge is -2.39. The highest BCUT2D eigenvalue weighted by Crippen LogP contribution is 2.50. The first-order valence-corrected chi connectivity index (χ1v) is 7.21. The summed E-state index contributed by atoms with van der Waals surface area (Å²) in [5.74, 6) is 3.58. The number of hydrogen-bond donors (Lipinski definition) is 0. The van der Waals surface area contributed by atoms with Crippen molar-refractivity contribution < 1.29 is 4.74 Å². The minimum absolute atomic E-state index is 0.406. The van der Waals surface area contributed by atoms with Gasteiger partial charge in [0.25, 0.3) is 0 Å². The molecule has 1 heteroatoms. The molecule has 0 amide bonds. The van der Waals surface area contributed by atoms with Gasteiger partial charge in [0, 0.05) is 5.92 Å². The van der Waals surface area contributed by atoms with Gasteiger partial charge in [0.15, 0.2) is 0 Å². The van der Waals surface area contributed by atoms with Crippen molar-refractivity contribution in [3.05, 3.63) is 23.0 Å². The average molecular weight is 232 g/mol. The second kappa shape index (κ2) is 4.19. The van der Waals surface area contributed by atoms with E-state index in [0.29, 0.717) is 6.10 Å². The minimum atomic E-state index is 0.406. The molecule has 1 fully saturated rings. The second-order valence-electron chi connectivity index (χ2n) is 6.19. The summed E-state index contributed by atoms with van der Waals surface area (Å²) in [7, 11) is 0. The zero-order valence-electron chi connectivity index (χ0n) is 11.3. The zero-order chi connectivity index (χ0) is 12.0. The summed E-state index contributed by atoms with van der Waals surface area (Å²) in [5, 5.41) is 0. The molecule has 0 aromatic heterocycles. The van der Waals surface area contributed by atoms with Crippen LogP contribution >= 0.6 is 0 Å². The standard InChI is InChI=1S/C16H24O/c1-10-8-9-14-11(2)12(3)17-16(15(10)14)13-6-4-5-7-13/h6,10,14-16H,4-5,7-9H2,1-3H3/t10-,14+,15+,16+/m1/s1. The van der Waals surface area contributed by atoms with Crippen molar-refractivity contribution in [3.8, 4) is 0 Å². The van der Waals surface area contributed by atoms with Gasteiger partial charge in [-0.2, -0.15) is 0 Å². The second-order valence-corrected chi connectivity index (χ2v) is 6.19. The molecule has 0 N–H and O–H groups in total. The minimum Gasteiger partial charge on any atom is -0.490 e. The van der Waals surface area contributed by atoms with Crippen LogP contribution in [0, 0.1) is 17.8 Å². The van der Waals surface area contributed by atoms with Gasteiger partial charge in [0.1, 0.15) is 6.10 Å². The summed E-state index contributed by atoms with van der Waals surface area (Å²) in [5.41, 5.74) is 3.12. The van der Waals surface area contributed by atoms with Crippen LogP contribution < -0.4 is 0 Å². The van der Waals surface area contributed by atoms with Gasteiger partial charge in [-0.15, -0.1) is 0 Å². The molecule has 3 aliphatic rings. The maximum absolute atomic E-state index is 6.28. The van der Waals surface area contributed by atoms with Crippen LogP contribution in [-0.2, 0) is 4.74 Å². The molecular formula is C16H24O. The van der Waals surface area contributed by atoms with E-state index in [4.69, 9.17) is 4.74 Å². The third-order valence-electron chi connectivity index (χ3n) is 5.26. The van der Waals surface area contributed by atoms with Crippen LogP contribution in [0.4, 0.5) is 0 Å². The molecular weight excluding hydrogens is 208 g/mol. The first-order valence-electron chi connectivity index (χ1n) is 7.21. The number of ether oxygens (including phenoxy) is 1. The van der Waals surface area contributed by atoms with Crippen molar-refractivity contribution in [1.82, 2.24) is 0 Å². The van der Waals surface area contributed by atoms with Crippen molar-refractivity contribution in [2.24, 2.45) is 17.8 Å². The van der Waals surface area contributed by atoms with Crippen molar-refractivity contribution in [3.63, 3.8) is 0 Å².